The molecule has 4 nitrogen and oxygen atoms in total. The Balaban J connectivity index is 2.59. The maximum atomic E-state index is 12.4. The molecule has 2 unspecified atom stereocenters. The van der Waals surface area contributed by atoms with Crippen molar-refractivity contribution in [1.29, 1.82) is 0 Å². The Morgan fingerprint density at radius 2 is 2.24 bits per heavy atom. The molecule has 1 heterocycles. The summed E-state index contributed by atoms with van der Waals surface area (Å²) in [6.45, 7) is 3.88. The van der Waals surface area contributed by atoms with Crippen LogP contribution in [-0.4, -0.2) is 60.6 Å². The number of hydrogen-bond acceptors (Lipinski definition) is 3. The molecule has 1 saturated heterocycles. The zero-order chi connectivity index (χ0) is 12.8. The maximum absolute atomic E-state index is 12.4. The number of carbonyl (C=O) groups excluding carboxylic acids is 1. The highest BCUT2D eigenvalue weighted by Gasteiger charge is 2.29. The first kappa shape index (κ1) is 14.5. The molecule has 1 rings (SSSR count). The number of nitrogens with zero attached hydrogens (tertiary/aromatic N) is 2. The zero-order valence-corrected chi connectivity index (χ0v) is 11.4. The number of likely N-dealkylation sites (tertiary alicyclic amines) is 1. The number of hydrogen-bond donors (Lipinski definition) is 1. The van der Waals surface area contributed by atoms with Crippen molar-refractivity contribution in [1.82, 2.24) is 9.80 Å². The summed E-state index contributed by atoms with van der Waals surface area (Å²) in [6, 6.07) is -0.00237. The summed E-state index contributed by atoms with van der Waals surface area (Å²) >= 11 is 0. The zero-order valence-electron chi connectivity index (χ0n) is 11.4. The van der Waals surface area contributed by atoms with E-state index in [1.807, 2.05) is 23.9 Å². The van der Waals surface area contributed by atoms with Crippen LogP contribution in [0.1, 0.15) is 32.6 Å². The van der Waals surface area contributed by atoms with Crippen LogP contribution >= 0.6 is 0 Å². The van der Waals surface area contributed by atoms with Crippen molar-refractivity contribution >= 4 is 5.91 Å². The van der Waals surface area contributed by atoms with Crippen LogP contribution < -0.4 is 0 Å². The molecule has 2 atom stereocenters. The molecule has 0 radical (unpaired) electrons. The minimum Gasteiger partial charge on any atom is -0.396 e. The minimum absolute atomic E-state index is 0.00237. The van der Waals surface area contributed by atoms with Crippen LogP contribution in [0.5, 0.6) is 0 Å². The molecule has 0 spiro atoms. The molecule has 0 aromatic heterocycles. The van der Waals surface area contributed by atoms with Gasteiger partial charge in [0, 0.05) is 19.7 Å². The van der Waals surface area contributed by atoms with Crippen molar-refractivity contribution in [2.45, 2.75) is 38.6 Å². The lowest BCUT2D eigenvalue weighted by Crippen LogP contribution is -2.49. The molecule has 17 heavy (non-hydrogen) atoms. The second kappa shape index (κ2) is 6.97. The first-order valence-electron chi connectivity index (χ1n) is 6.66. The fourth-order valence-electron chi connectivity index (χ4n) is 2.50. The third-order valence-electron chi connectivity index (χ3n) is 3.56. The maximum Gasteiger partial charge on any atom is 0.239 e. The van der Waals surface area contributed by atoms with E-state index >= 15 is 0 Å². The average molecular weight is 242 g/mol. The van der Waals surface area contributed by atoms with E-state index in [4.69, 9.17) is 0 Å². The summed E-state index contributed by atoms with van der Waals surface area (Å²) < 4.78 is 0. The Hall–Kier alpha value is -0.610. The average Bonchev–Trinajstić information content (AvgIpc) is 2.34. The van der Waals surface area contributed by atoms with E-state index in [0.717, 1.165) is 38.8 Å². The largest absolute Gasteiger partial charge is 0.396 e. The SMILES string of the molecule is CCCC(C(=O)N1CCCC(CO)C1)N(C)C. The molecule has 1 N–H and O–H groups in total. The number of aliphatic hydroxyl groups is 1. The molecular formula is C13H26N2O2. The lowest BCUT2D eigenvalue weighted by molar-refractivity contribution is -0.138. The summed E-state index contributed by atoms with van der Waals surface area (Å²) in [6.07, 6.45) is 3.99. The van der Waals surface area contributed by atoms with Crippen molar-refractivity contribution in [3.63, 3.8) is 0 Å². The van der Waals surface area contributed by atoms with Gasteiger partial charge in [-0.25, -0.2) is 0 Å². The number of rotatable bonds is 5. The first-order chi connectivity index (χ1) is 8.10. The highest BCUT2D eigenvalue weighted by molar-refractivity contribution is 5.81. The summed E-state index contributed by atoms with van der Waals surface area (Å²) in [5.74, 6) is 0.507. The molecule has 0 bridgehead atoms. The van der Waals surface area contributed by atoms with Crippen molar-refractivity contribution in [2.75, 3.05) is 33.8 Å². The predicted octanol–water partition coefficient (Wildman–Crippen LogP) is 0.948. The quantitative estimate of drug-likeness (QED) is 0.780. The standard InChI is InChI=1S/C13H26N2O2/c1-4-6-12(14(2)3)13(17)15-8-5-7-11(9-15)10-16/h11-12,16H,4-10H2,1-3H3. The third kappa shape index (κ3) is 3.96. The van der Waals surface area contributed by atoms with Gasteiger partial charge in [-0.05, 0) is 39.3 Å². The molecule has 1 aliphatic heterocycles. The van der Waals surface area contributed by atoms with Gasteiger partial charge in [0.05, 0.1) is 6.04 Å². The van der Waals surface area contributed by atoms with E-state index in [-0.39, 0.29) is 24.5 Å². The van der Waals surface area contributed by atoms with E-state index in [0.29, 0.717) is 0 Å². The molecule has 1 amide bonds. The van der Waals surface area contributed by atoms with Gasteiger partial charge >= 0.3 is 0 Å². The van der Waals surface area contributed by atoms with Crippen molar-refractivity contribution in [3.05, 3.63) is 0 Å². The Labute approximate surface area is 105 Å². The van der Waals surface area contributed by atoms with Gasteiger partial charge in [-0.2, -0.15) is 0 Å². The second-order valence-corrected chi connectivity index (χ2v) is 5.24. The Morgan fingerprint density at radius 1 is 1.53 bits per heavy atom. The van der Waals surface area contributed by atoms with Crippen LogP contribution in [-0.2, 0) is 4.79 Å². The normalized spacial score (nSPS) is 22.9. The number of amides is 1. The van der Waals surface area contributed by atoms with Gasteiger partial charge in [-0.15, -0.1) is 0 Å². The van der Waals surface area contributed by atoms with E-state index < -0.39 is 0 Å². The van der Waals surface area contributed by atoms with Crippen molar-refractivity contribution < 1.29 is 9.90 Å². The molecular weight excluding hydrogens is 216 g/mol. The summed E-state index contributed by atoms with van der Waals surface area (Å²) in [7, 11) is 3.93. The Bertz CT molecular complexity index is 244. The van der Waals surface area contributed by atoms with Crippen LogP contribution in [0, 0.1) is 5.92 Å². The number of likely N-dealkylation sites (N-methyl/N-ethyl adjacent to an activating group) is 1. The van der Waals surface area contributed by atoms with Crippen LogP contribution in [0.15, 0.2) is 0 Å². The van der Waals surface area contributed by atoms with Crippen LogP contribution in [0.25, 0.3) is 0 Å². The lowest BCUT2D eigenvalue weighted by Gasteiger charge is -2.36. The highest BCUT2D eigenvalue weighted by Crippen LogP contribution is 2.18. The van der Waals surface area contributed by atoms with Gasteiger partial charge in [0.25, 0.3) is 0 Å². The number of carbonyl (C=O) groups is 1. The van der Waals surface area contributed by atoms with Gasteiger partial charge in [-0.3, -0.25) is 9.69 Å². The van der Waals surface area contributed by atoms with Gasteiger partial charge < -0.3 is 10.0 Å². The molecule has 0 aromatic rings. The van der Waals surface area contributed by atoms with Gasteiger partial charge in [0.15, 0.2) is 0 Å². The van der Waals surface area contributed by atoms with E-state index in [2.05, 4.69) is 6.92 Å². The monoisotopic (exact) mass is 242 g/mol. The first-order valence-corrected chi connectivity index (χ1v) is 6.66. The summed E-state index contributed by atoms with van der Waals surface area (Å²) in [5.41, 5.74) is 0. The summed E-state index contributed by atoms with van der Waals surface area (Å²) in [5, 5.41) is 9.19. The molecule has 4 heteroatoms. The van der Waals surface area contributed by atoms with Crippen LogP contribution in [0.4, 0.5) is 0 Å². The fourth-order valence-corrected chi connectivity index (χ4v) is 2.50. The molecule has 1 aliphatic rings. The minimum atomic E-state index is -0.00237. The van der Waals surface area contributed by atoms with Gasteiger partial charge in [0.2, 0.25) is 5.91 Å². The molecule has 0 aromatic carbocycles. The third-order valence-corrected chi connectivity index (χ3v) is 3.56. The van der Waals surface area contributed by atoms with E-state index in [1.54, 1.807) is 0 Å². The second-order valence-electron chi connectivity index (χ2n) is 5.24. The molecule has 0 saturated carbocycles. The molecule has 100 valence electrons. The summed E-state index contributed by atoms with van der Waals surface area (Å²) in [4.78, 5) is 16.3. The van der Waals surface area contributed by atoms with Gasteiger partial charge in [0.1, 0.15) is 0 Å². The van der Waals surface area contributed by atoms with Crippen molar-refractivity contribution in [3.8, 4) is 0 Å². The highest BCUT2D eigenvalue weighted by atomic mass is 16.3. The topological polar surface area (TPSA) is 43.8 Å². The predicted molar refractivity (Wildman–Crippen MR) is 68.8 cm³/mol. The van der Waals surface area contributed by atoms with Crippen LogP contribution in [0.2, 0.25) is 0 Å². The molecule has 1 fully saturated rings. The smallest absolute Gasteiger partial charge is 0.239 e. The van der Waals surface area contributed by atoms with E-state index in [9.17, 15) is 9.90 Å². The molecule has 0 aliphatic carbocycles. The lowest BCUT2D eigenvalue weighted by atomic mass is 9.97. The Morgan fingerprint density at radius 3 is 2.76 bits per heavy atom. The Kier molecular flexibility index (Phi) is 5.92. The van der Waals surface area contributed by atoms with Crippen molar-refractivity contribution in [2.24, 2.45) is 5.92 Å². The van der Waals surface area contributed by atoms with E-state index in [1.165, 1.54) is 0 Å². The number of aliphatic hydroxyl groups excluding tert-OH is 1. The van der Waals surface area contributed by atoms with Crippen LogP contribution in [0.3, 0.4) is 0 Å². The number of piperidine rings is 1. The fraction of sp³-hybridized carbons (Fsp3) is 0.923. The van der Waals surface area contributed by atoms with Gasteiger partial charge in [-0.1, -0.05) is 13.3 Å².